The lowest BCUT2D eigenvalue weighted by Gasteiger charge is -2.12. The summed E-state index contributed by atoms with van der Waals surface area (Å²) in [5, 5.41) is 0. The van der Waals surface area contributed by atoms with Gasteiger partial charge in [0.1, 0.15) is 0 Å². The summed E-state index contributed by atoms with van der Waals surface area (Å²) in [6.07, 6.45) is 2.63. The van der Waals surface area contributed by atoms with Gasteiger partial charge in [-0.1, -0.05) is 45.0 Å². The van der Waals surface area contributed by atoms with E-state index in [0.717, 1.165) is 13.0 Å². The Balaban J connectivity index is 2.51. The monoisotopic (exact) mass is 220 g/mol. The summed E-state index contributed by atoms with van der Waals surface area (Å²) in [5.41, 5.74) is 2.70. The molecule has 2 atom stereocenters. The summed E-state index contributed by atoms with van der Waals surface area (Å²) in [7, 11) is 0. The third-order valence-corrected chi connectivity index (χ3v) is 3.27. The molecule has 1 aromatic carbocycles. The molecule has 0 N–H and O–H groups in total. The van der Waals surface area contributed by atoms with E-state index in [1.54, 1.807) is 0 Å². The Labute approximate surface area is 99.8 Å². The average molecular weight is 220 g/mol. The van der Waals surface area contributed by atoms with Crippen LogP contribution in [0.2, 0.25) is 0 Å². The highest BCUT2D eigenvalue weighted by Crippen LogP contribution is 2.19. The Morgan fingerprint density at radius 2 is 1.62 bits per heavy atom. The van der Waals surface area contributed by atoms with Crippen LogP contribution in [0.3, 0.4) is 0 Å². The summed E-state index contributed by atoms with van der Waals surface area (Å²) in [6.45, 7) is 9.50. The third kappa shape index (κ3) is 3.97. The van der Waals surface area contributed by atoms with Crippen LogP contribution in [0.4, 0.5) is 0 Å². The quantitative estimate of drug-likeness (QED) is 0.685. The van der Waals surface area contributed by atoms with Crippen LogP contribution in [0.15, 0.2) is 24.3 Å². The maximum atomic E-state index is 5.70. The SMILES string of the molecule is CCC(C)OCc1ccc(C(C)CC)cc1. The molecule has 0 saturated carbocycles. The van der Waals surface area contributed by atoms with Crippen molar-refractivity contribution in [3.8, 4) is 0 Å². The van der Waals surface area contributed by atoms with Crippen molar-refractivity contribution in [1.29, 1.82) is 0 Å². The molecule has 1 rings (SSSR count). The molecule has 0 bridgehead atoms. The predicted octanol–water partition coefficient (Wildman–Crippen LogP) is 4.52. The number of rotatable bonds is 6. The second-order valence-corrected chi connectivity index (χ2v) is 4.58. The molecule has 2 unspecified atom stereocenters. The highest BCUT2D eigenvalue weighted by Gasteiger charge is 2.03. The smallest absolute Gasteiger partial charge is 0.0720 e. The fraction of sp³-hybridized carbons (Fsp3) is 0.600. The van der Waals surface area contributed by atoms with E-state index in [1.165, 1.54) is 17.5 Å². The maximum Gasteiger partial charge on any atom is 0.0720 e. The van der Waals surface area contributed by atoms with E-state index in [9.17, 15) is 0 Å². The molecule has 0 saturated heterocycles. The first-order valence-electron chi connectivity index (χ1n) is 6.37. The molecule has 0 amide bonds. The molecule has 0 aromatic heterocycles. The van der Waals surface area contributed by atoms with Crippen molar-refractivity contribution < 1.29 is 4.74 Å². The summed E-state index contributed by atoms with van der Waals surface area (Å²) in [4.78, 5) is 0. The van der Waals surface area contributed by atoms with E-state index in [-0.39, 0.29) is 0 Å². The van der Waals surface area contributed by atoms with Gasteiger partial charge in [-0.2, -0.15) is 0 Å². The van der Waals surface area contributed by atoms with E-state index < -0.39 is 0 Å². The predicted molar refractivity (Wildman–Crippen MR) is 69.7 cm³/mol. The summed E-state index contributed by atoms with van der Waals surface area (Å²) in [6, 6.07) is 8.82. The van der Waals surface area contributed by atoms with Gasteiger partial charge in [0.25, 0.3) is 0 Å². The number of hydrogen-bond donors (Lipinski definition) is 0. The van der Waals surface area contributed by atoms with Crippen molar-refractivity contribution in [3.05, 3.63) is 35.4 Å². The topological polar surface area (TPSA) is 9.23 Å². The summed E-state index contributed by atoms with van der Waals surface area (Å²) >= 11 is 0. The molecule has 0 aliphatic carbocycles. The number of benzene rings is 1. The molecule has 16 heavy (non-hydrogen) atoms. The minimum atomic E-state index is 0.356. The van der Waals surface area contributed by atoms with E-state index in [0.29, 0.717) is 12.0 Å². The minimum absolute atomic E-state index is 0.356. The van der Waals surface area contributed by atoms with Gasteiger partial charge in [0.15, 0.2) is 0 Å². The van der Waals surface area contributed by atoms with Crippen LogP contribution in [0.25, 0.3) is 0 Å². The van der Waals surface area contributed by atoms with Gasteiger partial charge in [-0.25, -0.2) is 0 Å². The first-order chi connectivity index (χ1) is 7.67. The minimum Gasteiger partial charge on any atom is -0.374 e. The van der Waals surface area contributed by atoms with E-state index in [1.807, 2.05) is 0 Å². The molecule has 0 aliphatic rings. The second-order valence-electron chi connectivity index (χ2n) is 4.58. The van der Waals surface area contributed by atoms with Crippen LogP contribution in [0.1, 0.15) is 57.6 Å². The Kier molecular flexibility index (Phi) is 5.54. The van der Waals surface area contributed by atoms with Crippen LogP contribution in [0, 0.1) is 0 Å². The Morgan fingerprint density at radius 1 is 1.00 bits per heavy atom. The van der Waals surface area contributed by atoms with Crippen molar-refractivity contribution >= 4 is 0 Å². The standard InChI is InChI=1S/C15H24O/c1-5-12(3)15-9-7-14(8-10-15)11-16-13(4)6-2/h7-10,12-13H,5-6,11H2,1-4H3. The molecule has 0 aliphatic heterocycles. The second kappa shape index (κ2) is 6.70. The zero-order valence-corrected chi connectivity index (χ0v) is 11.0. The third-order valence-electron chi connectivity index (χ3n) is 3.27. The van der Waals surface area contributed by atoms with Gasteiger partial charge in [-0.3, -0.25) is 0 Å². The van der Waals surface area contributed by atoms with Gasteiger partial charge in [0.2, 0.25) is 0 Å². The number of ether oxygens (including phenoxy) is 1. The lowest BCUT2D eigenvalue weighted by Crippen LogP contribution is -2.06. The van der Waals surface area contributed by atoms with Crippen LogP contribution < -0.4 is 0 Å². The Morgan fingerprint density at radius 3 is 2.12 bits per heavy atom. The summed E-state index contributed by atoms with van der Waals surface area (Å²) in [5.74, 6) is 0.657. The summed E-state index contributed by atoms with van der Waals surface area (Å²) < 4.78 is 5.70. The van der Waals surface area contributed by atoms with E-state index in [2.05, 4.69) is 52.0 Å². The fourth-order valence-electron chi connectivity index (χ4n) is 1.53. The van der Waals surface area contributed by atoms with Crippen molar-refractivity contribution in [2.75, 3.05) is 0 Å². The molecular formula is C15H24O. The Hall–Kier alpha value is -0.820. The van der Waals surface area contributed by atoms with E-state index >= 15 is 0 Å². The lowest BCUT2D eigenvalue weighted by molar-refractivity contribution is 0.0508. The molecule has 0 spiro atoms. The molecule has 0 heterocycles. The first kappa shape index (κ1) is 13.2. The van der Waals surface area contributed by atoms with Crippen LogP contribution in [0.5, 0.6) is 0 Å². The average Bonchev–Trinajstić information content (AvgIpc) is 2.35. The molecule has 0 fully saturated rings. The van der Waals surface area contributed by atoms with E-state index in [4.69, 9.17) is 4.74 Å². The molecular weight excluding hydrogens is 196 g/mol. The van der Waals surface area contributed by atoms with Crippen molar-refractivity contribution in [3.63, 3.8) is 0 Å². The highest BCUT2D eigenvalue weighted by atomic mass is 16.5. The maximum absolute atomic E-state index is 5.70. The molecule has 0 radical (unpaired) electrons. The van der Waals surface area contributed by atoms with Crippen molar-refractivity contribution in [1.82, 2.24) is 0 Å². The fourth-order valence-corrected chi connectivity index (χ4v) is 1.53. The molecule has 1 heteroatoms. The van der Waals surface area contributed by atoms with Crippen LogP contribution in [-0.2, 0) is 11.3 Å². The molecule has 90 valence electrons. The van der Waals surface area contributed by atoms with Crippen molar-refractivity contribution in [2.24, 2.45) is 0 Å². The lowest BCUT2D eigenvalue weighted by atomic mass is 9.98. The van der Waals surface area contributed by atoms with Gasteiger partial charge in [-0.15, -0.1) is 0 Å². The normalized spacial score (nSPS) is 14.8. The number of hydrogen-bond acceptors (Lipinski definition) is 1. The van der Waals surface area contributed by atoms with Crippen molar-refractivity contribution in [2.45, 2.75) is 59.2 Å². The zero-order chi connectivity index (χ0) is 12.0. The Bertz CT molecular complexity index is 289. The largest absolute Gasteiger partial charge is 0.374 e. The first-order valence-corrected chi connectivity index (χ1v) is 6.37. The van der Waals surface area contributed by atoms with Gasteiger partial charge >= 0.3 is 0 Å². The molecule has 1 aromatic rings. The van der Waals surface area contributed by atoms with Crippen LogP contribution in [-0.4, -0.2) is 6.10 Å². The molecule has 1 nitrogen and oxygen atoms in total. The van der Waals surface area contributed by atoms with Gasteiger partial charge in [-0.05, 0) is 36.8 Å². The van der Waals surface area contributed by atoms with Gasteiger partial charge < -0.3 is 4.74 Å². The zero-order valence-electron chi connectivity index (χ0n) is 11.0. The van der Waals surface area contributed by atoms with Crippen LogP contribution >= 0.6 is 0 Å². The van der Waals surface area contributed by atoms with Gasteiger partial charge in [0, 0.05) is 0 Å². The van der Waals surface area contributed by atoms with Gasteiger partial charge in [0.05, 0.1) is 12.7 Å². The highest BCUT2D eigenvalue weighted by molar-refractivity contribution is 5.24.